The second-order valence-electron chi connectivity index (χ2n) is 7.64. The van der Waals surface area contributed by atoms with Gasteiger partial charge in [0, 0.05) is 21.6 Å². The topological polar surface area (TPSA) is 71.3 Å². The number of carbonyl (C=O) groups excluding carboxylic acids is 1. The van der Waals surface area contributed by atoms with Crippen LogP contribution in [0.15, 0.2) is 57.5 Å². The highest BCUT2D eigenvalue weighted by molar-refractivity contribution is 9.10. The minimum absolute atomic E-state index is 0.151. The summed E-state index contributed by atoms with van der Waals surface area (Å²) in [6.07, 6.45) is -3.25. The largest absolute Gasteiger partial charge is 0.416 e. The van der Waals surface area contributed by atoms with Crippen molar-refractivity contribution in [3.05, 3.63) is 64.5 Å². The molecule has 0 radical (unpaired) electrons. The first-order chi connectivity index (χ1) is 15.3. The van der Waals surface area contributed by atoms with E-state index >= 15 is 0 Å². The minimum Gasteiger partial charge on any atom is -0.338 e. The zero-order chi connectivity index (χ0) is 22.7. The van der Waals surface area contributed by atoms with Crippen molar-refractivity contribution in [2.24, 2.45) is 5.92 Å². The maximum Gasteiger partial charge on any atom is 0.416 e. The molecule has 0 unspecified atom stereocenters. The van der Waals surface area contributed by atoms with Crippen LogP contribution in [0.4, 0.5) is 18.9 Å². The fourth-order valence-corrected chi connectivity index (χ4v) is 3.86. The number of nitrogens with one attached hydrogen (secondary N) is 1. The zero-order valence-corrected chi connectivity index (χ0v) is 18.5. The average Bonchev–Trinajstić information content (AvgIpc) is 3.23. The van der Waals surface area contributed by atoms with E-state index < -0.39 is 11.7 Å². The average molecular weight is 509 g/mol. The summed E-state index contributed by atoms with van der Waals surface area (Å²) in [6.45, 7) is 1.78. The molecule has 1 amide bonds. The summed E-state index contributed by atoms with van der Waals surface area (Å²) in [5, 5.41) is 6.64. The number of carbonyl (C=O) groups is 1. The molecule has 0 bridgehead atoms. The molecule has 2 heterocycles. The lowest BCUT2D eigenvalue weighted by Gasteiger charge is -2.30. The Morgan fingerprint density at radius 3 is 2.56 bits per heavy atom. The first-order valence-electron chi connectivity index (χ1n) is 10.1. The number of aromatic nitrogens is 2. The lowest BCUT2D eigenvalue weighted by molar-refractivity contribution is -0.137. The number of likely N-dealkylation sites (tertiary alicyclic amines) is 1. The molecular formula is C22H20BrF3N4O2. The van der Waals surface area contributed by atoms with Crippen LogP contribution >= 0.6 is 15.9 Å². The fourth-order valence-electron chi connectivity index (χ4n) is 3.60. The van der Waals surface area contributed by atoms with E-state index in [1.54, 1.807) is 0 Å². The maximum absolute atomic E-state index is 12.9. The van der Waals surface area contributed by atoms with Gasteiger partial charge in [-0.3, -0.25) is 9.69 Å². The lowest BCUT2D eigenvalue weighted by Crippen LogP contribution is -2.37. The predicted octanol–water partition coefficient (Wildman–Crippen LogP) is 5.37. The standard InChI is InChI=1S/C22H20BrF3N4O2/c23-17-6-4-14(5-7-17)20-28-19(32-29-20)13-30-10-8-15(9-11-30)21(31)27-18-3-1-2-16(12-18)22(24,25)26/h1-7,12,15H,8-11,13H2,(H,27,31). The van der Waals surface area contributed by atoms with Crippen LogP contribution in [0.1, 0.15) is 24.3 Å². The van der Waals surface area contributed by atoms with E-state index in [1.165, 1.54) is 12.1 Å². The Bertz CT molecular complexity index is 1080. The number of amides is 1. The van der Waals surface area contributed by atoms with E-state index in [4.69, 9.17) is 4.52 Å². The molecule has 1 aliphatic heterocycles. The smallest absolute Gasteiger partial charge is 0.338 e. The summed E-state index contributed by atoms with van der Waals surface area (Å²) >= 11 is 3.39. The second-order valence-corrected chi connectivity index (χ2v) is 8.55. The van der Waals surface area contributed by atoms with Gasteiger partial charge in [-0.05, 0) is 68.4 Å². The molecular weight excluding hydrogens is 489 g/mol. The molecule has 0 atom stereocenters. The highest BCUT2D eigenvalue weighted by atomic mass is 79.9. The molecule has 2 aromatic carbocycles. The molecule has 0 aliphatic carbocycles. The Balaban J connectivity index is 1.29. The Kier molecular flexibility index (Phi) is 6.61. The number of anilines is 1. The van der Waals surface area contributed by atoms with Crippen LogP contribution in [0.25, 0.3) is 11.4 Å². The molecule has 168 valence electrons. The van der Waals surface area contributed by atoms with E-state index in [0.29, 0.717) is 44.2 Å². The van der Waals surface area contributed by atoms with Gasteiger partial charge in [-0.1, -0.05) is 27.2 Å². The molecule has 32 heavy (non-hydrogen) atoms. The van der Waals surface area contributed by atoms with Gasteiger partial charge in [0.05, 0.1) is 12.1 Å². The number of benzene rings is 2. The minimum atomic E-state index is -4.45. The summed E-state index contributed by atoms with van der Waals surface area (Å²) in [4.78, 5) is 19.1. The number of nitrogens with zero attached hydrogens (tertiary/aromatic N) is 3. The van der Waals surface area contributed by atoms with Crippen molar-refractivity contribution < 1.29 is 22.5 Å². The molecule has 1 N–H and O–H groups in total. The van der Waals surface area contributed by atoms with Crippen molar-refractivity contribution >= 4 is 27.5 Å². The summed E-state index contributed by atoms with van der Waals surface area (Å²) in [6, 6.07) is 12.3. The van der Waals surface area contributed by atoms with Crippen LogP contribution in [0, 0.1) is 5.92 Å². The molecule has 1 fully saturated rings. The zero-order valence-electron chi connectivity index (χ0n) is 16.9. The molecule has 3 aromatic rings. The Labute approximate surface area is 190 Å². The van der Waals surface area contributed by atoms with Crippen molar-refractivity contribution in [1.29, 1.82) is 0 Å². The lowest BCUT2D eigenvalue weighted by atomic mass is 9.95. The molecule has 0 spiro atoms. The number of hydrogen-bond donors (Lipinski definition) is 1. The van der Waals surface area contributed by atoms with Crippen LogP contribution in [0.5, 0.6) is 0 Å². The highest BCUT2D eigenvalue weighted by Crippen LogP contribution is 2.31. The van der Waals surface area contributed by atoms with Crippen molar-refractivity contribution in [2.45, 2.75) is 25.6 Å². The van der Waals surface area contributed by atoms with E-state index in [1.807, 2.05) is 24.3 Å². The molecule has 1 aliphatic rings. The molecule has 0 saturated carbocycles. The van der Waals surface area contributed by atoms with Gasteiger partial charge >= 0.3 is 6.18 Å². The van der Waals surface area contributed by atoms with Gasteiger partial charge in [0.1, 0.15) is 0 Å². The Hall–Kier alpha value is -2.72. The molecule has 1 saturated heterocycles. The molecule has 10 heteroatoms. The maximum atomic E-state index is 12.9. The third kappa shape index (κ3) is 5.55. The number of piperidine rings is 1. The normalized spacial score (nSPS) is 15.6. The van der Waals surface area contributed by atoms with Gasteiger partial charge in [0.15, 0.2) is 0 Å². The summed E-state index contributed by atoms with van der Waals surface area (Å²) in [7, 11) is 0. The Morgan fingerprint density at radius 2 is 1.88 bits per heavy atom. The highest BCUT2D eigenvalue weighted by Gasteiger charge is 2.31. The molecule has 4 rings (SSSR count). The van der Waals surface area contributed by atoms with E-state index in [-0.39, 0.29) is 17.5 Å². The van der Waals surface area contributed by atoms with Crippen molar-refractivity contribution in [3.63, 3.8) is 0 Å². The van der Waals surface area contributed by atoms with Gasteiger partial charge in [-0.2, -0.15) is 18.2 Å². The monoisotopic (exact) mass is 508 g/mol. The van der Waals surface area contributed by atoms with Gasteiger partial charge in [-0.25, -0.2) is 0 Å². The first-order valence-corrected chi connectivity index (χ1v) is 10.9. The van der Waals surface area contributed by atoms with Crippen molar-refractivity contribution in [1.82, 2.24) is 15.0 Å². The Morgan fingerprint density at radius 1 is 1.16 bits per heavy atom. The van der Waals surface area contributed by atoms with Crippen molar-refractivity contribution in [2.75, 3.05) is 18.4 Å². The van der Waals surface area contributed by atoms with E-state index in [0.717, 1.165) is 22.2 Å². The second kappa shape index (κ2) is 9.41. The fraction of sp³-hybridized carbons (Fsp3) is 0.318. The number of hydrogen-bond acceptors (Lipinski definition) is 5. The van der Waals surface area contributed by atoms with Crippen LogP contribution in [0.2, 0.25) is 0 Å². The van der Waals surface area contributed by atoms with Gasteiger partial charge in [0.25, 0.3) is 0 Å². The van der Waals surface area contributed by atoms with Gasteiger partial charge in [-0.15, -0.1) is 0 Å². The van der Waals surface area contributed by atoms with E-state index in [2.05, 4.69) is 36.3 Å². The SMILES string of the molecule is O=C(Nc1cccc(C(F)(F)F)c1)C1CCN(Cc2nc(-c3ccc(Br)cc3)no2)CC1. The van der Waals surface area contributed by atoms with Crippen molar-refractivity contribution in [3.8, 4) is 11.4 Å². The van der Waals surface area contributed by atoms with Crippen LogP contribution in [0.3, 0.4) is 0 Å². The third-order valence-corrected chi connectivity index (χ3v) is 5.87. The van der Waals surface area contributed by atoms with Crippen LogP contribution in [-0.4, -0.2) is 34.0 Å². The van der Waals surface area contributed by atoms with Gasteiger partial charge in [0.2, 0.25) is 17.6 Å². The van der Waals surface area contributed by atoms with Gasteiger partial charge < -0.3 is 9.84 Å². The number of halogens is 4. The summed E-state index contributed by atoms with van der Waals surface area (Å²) < 4.78 is 44.9. The predicted molar refractivity (Wildman–Crippen MR) is 116 cm³/mol. The molecule has 6 nitrogen and oxygen atoms in total. The number of rotatable bonds is 5. The first kappa shape index (κ1) is 22.5. The van der Waals surface area contributed by atoms with E-state index in [9.17, 15) is 18.0 Å². The summed E-state index contributed by atoms with van der Waals surface area (Å²) in [5.74, 6) is 0.485. The number of alkyl halides is 3. The van der Waals surface area contributed by atoms with Crippen LogP contribution in [-0.2, 0) is 17.5 Å². The molecule has 1 aromatic heterocycles. The summed E-state index contributed by atoms with van der Waals surface area (Å²) in [5.41, 5.74) is 0.221. The third-order valence-electron chi connectivity index (χ3n) is 5.35. The quantitative estimate of drug-likeness (QED) is 0.501. The van der Waals surface area contributed by atoms with Crippen LogP contribution < -0.4 is 5.32 Å².